The van der Waals surface area contributed by atoms with Crippen molar-refractivity contribution in [2.45, 2.75) is 26.1 Å². The van der Waals surface area contributed by atoms with Crippen molar-refractivity contribution in [2.75, 3.05) is 5.32 Å². The highest BCUT2D eigenvalue weighted by Crippen LogP contribution is 2.40. The smallest absolute Gasteiger partial charge is 0.330 e. The molecule has 0 saturated heterocycles. The summed E-state index contributed by atoms with van der Waals surface area (Å²) >= 11 is 18.9. The van der Waals surface area contributed by atoms with Gasteiger partial charge in [0.1, 0.15) is 5.82 Å². The van der Waals surface area contributed by atoms with E-state index in [0.29, 0.717) is 17.3 Å². The van der Waals surface area contributed by atoms with Gasteiger partial charge in [0.2, 0.25) is 0 Å². The third kappa shape index (κ3) is 4.51. The molecule has 0 atom stereocenters. The molecule has 0 bridgehead atoms. The lowest BCUT2D eigenvalue weighted by molar-refractivity contribution is -0.141. The largest absolute Gasteiger partial charge is 0.434 e. The molecule has 11 heteroatoms. The number of alkyl halides is 3. The second-order valence-corrected chi connectivity index (χ2v) is 7.82. The van der Waals surface area contributed by atoms with Gasteiger partial charge in [0.15, 0.2) is 10.8 Å². The Bertz CT molecular complexity index is 945. The maximum atomic E-state index is 13.4. The summed E-state index contributed by atoms with van der Waals surface area (Å²) in [6, 6.07) is 2.88. The van der Waals surface area contributed by atoms with Gasteiger partial charge in [-0.3, -0.25) is 0 Å². The van der Waals surface area contributed by atoms with Crippen molar-refractivity contribution < 1.29 is 13.2 Å². The maximum absolute atomic E-state index is 13.4. The lowest BCUT2D eigenvalue weighted by Gasteiger charge is -2.08. The molecule has 144 valence electrons. The molecule has 0 saturated carbocycles. The summed E-state index contributed by atoms with van der Waals surface area (Å²) in [6.45, 7) is 1.90. The zero-order valence-electron chi connectivity index (χ0n) is 13.7. The van der Waals surface area contributed by atoms with Crippen molar-refractivity contribution in [3.63, 3.8) is 0 Å². The second kappa shape index (κ2) is 7.87. The molecule has 0 aliphatic heterocycles. The summed E-state index contributed by atoms with van der Waals surface area (Å²) in [6.07, 6.45) is -0.793. The van der Waals surface area contributed by atoms with Crippen LogP contribution in [-0.2, 0) is 19.1 Å². The summed E-state index contributed by atoms with van der Waals surface area (Å²) < 4.78 is 42.0. The maximum Gasteiger partial charge on any atom is 0.434 e. The molecule has 0 amide bonds. The zero-order chi connectivity index (χ0) is 19.8. The Morgan fingerprint density at radius 3 is 2.44 bits per heavy atom. The van der Waals surface area contributed by atoms with Crippen molar-refractivity contribution in [2.24, 2.45) is 0 Å². The molecule has 0 aliphatic carbocycles. The monoisotopic (exact) mass is 454 g/mol. The first-order valence-electron chi connectivity index (χ1n) is 7.67. The first-order valence-corrected chi connectivity index (χ1v) is 9.62. The molecule has 0 radical (unpaired) electrons. The van der Waals surface area contributed by atoms with Crippen LogP contribution in [0.4, 0.5) is 24.0 Å². The Hall–Kier alpha value is -1.48. The van der Waals surface area contributed by atoms with Crippen LogP contribution in [0, 0.1) is 0 Å². The predicted molar refractivity (Wildman–Crippen MR) is 103 cm³/mol. The van der Waals surface area contributed by atoms with Crippen LogP contribution in [0.25, 0.3) is 0 Å². The first kappa shape index (κ1) is 20.3. The molecule has 1 aromatic carbocycles. The number of nitrogens with zero attached hydrogens (tertiary/aromatic N) is 3. The van der Waals surface area contributed by atoms with Crippen LogP contribution < -0.4 is 5.32 Å². The predicted octanol–water partition coefficient (Wildman–Crippen LogP) is 6.67. The van der Waals surface area contributed by atoms with Crippen molar-refractivity contribution in [3.8, 4) is 0 Å². The molecule has 3 rings (SSSR count). The Morgan fingerprint density at radius 2 is 1.85 bits per heavy atom. The number of aromatic nitrogens is 3. The van der Waals surface area contributed by atoms with E-state index in [-0.39, 0.29) is 32.3 Å². The van der Waals surface area contributed by atoms with Gasteiger partial charge in [0.25, 0.3) is 0 Å². The van der Waals surface area contributed by atoms with Gasteiger partial charge < -0.3 is 9.88 Å². The van der Waals surface area contributed by atoms with E-state index in [1.165, 1.54) is 12.1 Å². The van der Waals surface area contributed by atoms with Crippen LogP contribution in [-0.4, -0.2) is 14.5 Å². The quantitative estimate of drug-likeness (QED) is 0.467. The topological polar surface area (TPSA) is 42.7 Å². The average molecular weight is 456 g/mol. The van der Waals surface area contributed by atoms with E-state index >= 15 is 0 Å². The van der Waals surface area contributed by atoms with Crippen LogP contribution >= 0.6 is 46.1 Å². The summed E-state index contributed by atoms with van der Waals surface area (Å²) in [5.74, 6) is 0.690. The van der Waals surface area contributed by atoms with Crippen molar-refractivity contribution >= 4 is 57.0 Å². The van der Waals surface area contributed by atoms with Crippen molar-refractivity contribution in [1.29, 1.82) is 0 Å². The van der Waals surface area contributed by atoms with E-state index in [1.54, 1.807) is 17.0 Å². The van der Waals surface area contributed by atoms with Crippen LogP contribution in [0.2, 0.25) is 15.1 Å². The number of imidazole rings is 1. The zero-order valence-corrected chi connectivity index (χ0v) is 16.8. The van der Waals surface area contributed by atoms with Gasteiger partial charge >= 0.3 is 6.18 Å². The van der Waals surface area contributed by atoms with E-state index in [4.69, 9.17) is 34.8 Å². The van der Waals surface area contributed by atoms with Gasteiger partial charge in [0.05, 0.1) is 27.2 Å². The third-order valence-corrected chi connectivity index (χ3v) is 5.41. The number of nitrogens with one attached hydrogen (secondary N) is 1. The molecule has 0 unspecified atom stereocenters. The minimum absolute atomic E-state index is 0.0133. The van der Waals surface area contributed by atoms with Gasteiger partial charge in [0, 0.05) is 23.8 Å². The fraction of sp³-hybridized carbons (Fsp3) is 0.250. The van der Waals surface area contributed by atoms with E-state index < -0.39 is 11.9 Å². The van der Waals surface area contributed by atoms with Crippen LogP contribution in [0.3, 0.4) is 0 Å². The van der Waals surface area contributed by atoms with Gasteiger partial charge in [-0.2, -0.15) is 13.2 Å². The Morgan fingerprint density at radius 1 is 1.19 bits per heavy atom. The molecular formula is C16H12Cl3F3N4S. The number of thiazole rings is 1. The SMILES string of the molecule is CCc1nccn1Cc1sc(Nc2c(Cl)cc(Cl)cc2Cl)nc1C(F)(F)F. The van der Waals surface area contributed by atoms with E-state index in [1.807, 2.05) is 6.92 Å². The van der Waals surface area contributed by atoms with Crippen LogP contribution in [0.15, 0.2) is 24.5 Å². The number of anilines is 2. The van der Waals surface area contributed by atoms with Gasteiger partial charge in [-0.1, -0.05) is 53.1 Å². The standard InChI is InChI=1S/C16H12Cl3F3N4S/c1-2-12-23-3-4-26(12)7-11-14(16(20,21)22)25-15(27-11)24-13-9(18)5-8(17)6-10(13)19/h3-6H,2,7H2,1H3,(H,24,25). The number of benzene rings is 1. The van der Waals surface area contributed by atoms with Crippen LogP contribution in [0.1, 0.15) is 23.3 Å². The molecule has 2 heterocycles. The fourth-order valence-corrected chi connectivity index (χ4v) is 4.35. The molecule has 3 aromatic rings. The molecule has 0 aliphatic rings. The number of hydrogen-bond donors (Lipinski definition) is 1. The number of halogens is 6. The molecule has 1 N–H and O–H groups in total. The Kier molecular flexibility index (Phi) is 5.90. The van der Waals surface area contributed by atoms with Gasteiger partial charge in [-0.05, 0) is 12.1 Å². The molecule has 27 heavy (non-hydrogen) atoms. The summed E-state index contributed by atoms with van der Waals surface area (Å²) in [5, 5.41) is 3.48. The number of rotatable bonds is 5. The molecule has 4 nitrogen and oxygen atoms in total. The van der Waals surface area contributed by atoms with Gasteiger partial charge in [-0.15, -0.1) is 0 Å². The van der Waals surface area contributed by atoms with E-state index in [9.17, 15) is 13.2 Å². The summed E-state index contributed by atoms with van der Waals surface area (Å²) in [4.78, 5) is 7.90. The minimum atomic E-state index is -4.59. The highest BCUT2D eigenvalue weighted by Gasteiger charge is 2.37. The van der Waals surface area contributed by atoms with E-state index in [0.717, 1.165) is 11.3 Å². The Labute approximate surface area is 171 Å². The lowest BCUT2D eigenvalue weighted by Crippen LogP contribution is -2.11. The van der Waals surface area contributed by atoms with Gasteiger partial charge in [-0.25, -0.2) is 9.97 Å². The molecule has 2 aromatic heterocycles. The van der Waals surface area contributed by atoms with Crippen molar-refractivity contribution in [1.82, 2.24) is 14.5 Å². The minimum Gasteiger partial charge on any atom is -0.330 e. The van der Waals surface area contributed by atoms with Crippen LogP contribution in [0.5, 0.6) is 0 Å². The first-order chi connectivity index (χ1) is 12.7. The number of hydrogen-bond acceptors (Lipinski definition) is 4. The molecule has 0 spiro atoms. The summed E-state index contributed by atoms with van der Waals surface area (Å²) in [7, 11) is 0. The highest BCUT2D eigenvalue weighted by atomic mass is 35.5. The lowest BCUT2D eigenvalue weighted by atomic mass is 10.3. The highest BCUT2D eigenvalue weighted by molar-refractivity contribution is 7.15. The van der Waals surface area contributed by atoms with Crippen molar-refractivity contribution in [3.05, 3.63) is 56.0 Å². The van der Waals surface area contributed by atoms with E-state index in [2.05, 4.69) is 15.3 Å². The molecule has 0 fully saturated rings. The molecular weight excluding hydrogens is 444 g/mol. The third-order valence-electron chi connectivity index (χ3n) is 3.64. The fourth-order valence-electron chi connectivity index (χ4n) is 2.46. The number of aryl methyl sites for hydroxylation is 1. The normalized spacial score (nSPS) is 11.8. The Balaban J connectivity index is 1.98. The average Bonchev–Trinajstić information content (AvgIpc) is 3.17. The summed E-state index contributed by atoms with van der Waals surface area (Å²) in [5.41, 5.74) is -0.708. The second-order valence-electron chi connectivity index (χ2n) is 5.48.